The number of carbonyl (C=O) groups is 2. The predicted octanol–water partition coefficient (Wildman–Crippen LogP) is 4.59. The first kappa shape index (κ1) is 36.1. The molecular weight excluding hydrogens is 616 g/mol. The van der Waals surface area contributed by atoms with Crippen molar-refractivity contribution in [1.82, 2.24) is 0 Å². The molecule has 0 saturated carbocycles. The molecule has 0 heterocycles. The van der Waals surface area contributed by atoms with Gasteiger partial charge in [0, 0.05) is 23.6 Å². The standard InChI is InChI=1S/C26H30N8O12/c1-6-45-25(35)23(15(4)27-29-19-10-8-17(31(37)38)12-21(19)33(41)42)14(3)24(26(36)46-7-2)16(5)28-30-20-11-9-18(32(39)40)13-22(20)34(43)44/h8-14,23-24,29-30H,6-7H2,1-5H3. The van der Waals surface area contributed by atoms with Gasteiger partial charge in [-0.2, -0.15) is 10.2 Å². The van der Waals surface area contributed by atoms with Crippen LogP contribution in [-0.4, -0.2) is 56.3 Å². The van der Waals surface area contributed by atoms with Crippen molar-refractivity contribution in [3.05, 3.63) is 76.9 Å². The highest BCUT2D eigenvalue weighted by molar-refractivity contribution is 6.06. The van der Waals surface area contributed by atoms with Gasteiger partial charge >= 0.3 is 23.3 Å². The van der Waals surface area contributed by atoms with Crippen LogP contribution < -0.4 is 10.9 Å². The Bertz CT molecular complexity index is 1480. The highest BCUT2D eigenvalue weighted by atomic mass is 16.6. The van der Waals surface area contributed by atoms with Crippen molar-refractivity contribution in [1.29, 1.82) is 0 Å². The summed E-state index contributed by atoms with van der Waals surface area (Å²) in [5, 5.41) is 53.4. The van der Waals surface area contributed by atoms with Crippen LogP contribution in [0.4, 0.5) is 34.1 Å². The van der Waals surface area contributed by atoms with E-state index in [9.17, 15) is 50.0 Å². The molecule has 2 atom stereocenters. The average molecular weight is 647 g/mol. The number of hydrogen-bond acceptors (Lipinski definition) is 16. The molecule has 0 radical (unpaired) electrons. The van der Waals surface area contributed by atoms with Gasteiger partial charge in [-0.1, -0.05) is 6.92 Å². The number of nitro benzene ring substituents is 4. The molecule has 0 aliphatic rings. The van der Waals surface area contributed by atoms with E-state index in [0.717, 1.165) is 36.4 Å². The zero-order chi connectivity index (χ0) is 34.7. The fraction of sp³-hybridized carbons (Fsp3) is 0.385. The van der Waals surface area contributed by atoms with Crippen molar-refractivity contribution in [2.24, 2.45) is 28.0 Å². The second-order valence-corrected chi connectivity index (χ2v) is 9.48. The summed E-state index contributed by atoms with van der Waals surface area (Å²) in [7, 11) is 0. The normalized spacial score (nSPS) is 13.5. The molecule has 2 N–H and O–H groups in total. The number of rotatable bonds is 16. The molecule has 0 aliphatic carbocycles. The number of ether oxygens (including phenoxy) is 2. The lowest BCUT2D eigenvalue weighted by molar-refractivity contribution is -0.393. The van der Waals surface area contributed by atoms with Crippen molar-refractivity contribution < 1.29 is 38.8 Å². The number of non-ortho nitro benzene ring substituents is 2. The first-order valence-electron chi connectivity index (χ1n) is 13.4. The summed E-state index contributed by atoms with van der Waals surface area (Å²) in [5.74, 6) is -5.21. The zero-order valence-corrected chi connectivity index (χ0v) is 25.2. The Hall–Kier alpha value is -6.08. The van der Waals surface area contributed by atoms with E-state index in [1.54, 1.807) is 13.8 Å². The number of hydrazone groups is 2. The van der Waals surface area contributed by atoms with Crippen LogP contribution in [-0.2, 0) is 19.1 Å². The van der Waals surface area contributed by atoms with E-state index < -0.39 is 72.1 Å². The Balaban J connectivity index is 2.55. The van der Waals surface area contributed by atoms with E-state index in [-0.39, 0.29) is 36.0 Å². The van der Waals surface area contributed by atoms with E-state index in [1.165, 1.54) is 20.8 Å². The van der Waals surface area contributed by atoms with Crippen LogP contribution in [0.3, 0.4) is 0 Å². The van der Waals surface area contributed by atoms with Crippen LogP contribution in [0.15, 0.2) is 46.6 Å². The third kappa shape index (κ3) is 8.97. The van der Waals surface area contributed by atoms with Crippen molar-refractivity contribution in [2.45, 2.75) is 34.6 Å². The van der Waals surface area contributed by atoms with Crippen LogP contribution in [0, 0.1) is 58.2 Å². The van der Waals surface area contributed by atoms with Gasteiger partial charge in [0.1, 0.15) is 23.2 Å². The van der Waals surface area contributed by atoms with Gasteiger partial charge in [-0.15, -0.1) is 0 Å². The van der Waals surface area contributed by atoms with Crippen molar-refractivity contribution in [3.8, 4) is 0 Å². The minimum Gasteiger partial charge on any atom is -0.465 e. The molecule has 0 bridgehead atoms. The summed E-state index contributed by atoms with van der Waals surface area (Å²) in [6.45, 7) is 7.23. The van der Waals surface area contributed by atoms with Crippen molar-refractivity contribution >= 4 is 57.5 Å². The van der Waals surface area contributed by atoms with E-state index in [1.807, 2.05) is 0 Å². The maximum atomic E-state index is 13.2. The predicted molar refractivity (Wildman–Crippen MR) is 162 cm³/mol. The summed E-state index contributed by atoms with van der Waals surface area (Å²) in [5.41, 5.74) is 2.04. The van der Waals surface area contributed by atoms with E-state index >= 15 is 0 Å². The highest BCUT2D eigenvalue weighted by Crippen LogP contribution is 2.32. The van der Waals surface area contributed by atoms with E-state index in [2.05, 4.69) is 21.1 Å². The van der Waals surface area contributed by atoms with Gasteiger partial charge in [0.05, 0.1) is 45.0 Å². The number of hydrogen-bond donors (Lipinski definition) is 2. The lowest BCUT2D eigenvalue weighted by Crippen LogP contribution is -2.41. The van der Waals surface area contributed by atoms with E-state index in [4.69, 9.17) is 9.47 Å². The molecule has 0 saturated heterocycles. The highest BCUT2D eigenvalue weighted by Gasteiger charge is 2.40. The van der Waals surface area contributed by atoms with Crippen LogP contribution >= 0.6 is 0 Å². The molecule has 0 aromatic heterocycles. The summed E-state index contributed by atoms with van der Waals surface area (Å²) < 4.78 is 10.4. The Morgan fingerprint density at radius 2 is 1.04 bits per heavy atom. The number of nitro groups is 4. The first-order valence-corrected chi connectivity index (χ1v) is 13.4. The first-order chi connectivity index (χ1) is 21.6. The fourth-order valence-corrected chi connectivity index (χ4v) is 4.38. The Morgan fingerprint density at radius 3 is 1.33 bits per heavy atom. The van der Waals surface area contributed by atoms with Gasteiger partial charge < -0.3 is 9.47 Å². The zero-order valence-electron chi connectivity index (χ0n) is 25.2. The SMILES string of the molecule is CCOC(=O)C(C(C)=NNc1ccc([N+](=O)[O-])cc1[N+](=O)[O-])C(C)C(C(=O)OCC)C(C)=NNc1ccc([N+](=O)[O-])cc1[N+](=O)[O-]. The Kier molecular flexibility index (Phi) is 12.7. The smallest absolute Gasteiger partial charge is 0.315 e. The van der Waals surface area contributed by atoms with Gasteiger partial charge in [0.15, 0.2) is 0 Å². The molecule has 246 valence electrons. The maximum Gasteiger partial charge on any atom is 0.315 e. The third-order valence-corrected chi connectivity index (χ3v) is 6.52. The fourth-order valence-electron chi connectivity index (χ4n) is 4.38. The molecule has 2 aromatic rings. The molecule has 0 aliphatic heterocycles. The van der Waals surface area contributed by atoms with Gasteiger partial charge in [-0.25, -0.2) is 0 Å². The van der Waals surface area contributed by atoms with Crippen molar-refractivity contribution in [3.63, 3.8) is 0 Å². The molecule has 0 amide bonds. The molecule has 2 aromatic carbocycles. The average Bonchev–Trinajstić information content (AvgIpc) is 2.99. The Morgan fingerprint density at radius 1 is 0.696 bits per heavy atom. The summed E-state index contributed by atoms with van der Waals surface area (Å²) in [6.07, 6.45) is 0. The van der Waals surface area contributed by atoms with Gasteiger partial charge in [0.2, 0.25) is 0 Å². The van der Waals surface area contributed by atoms with E-state index in [0.29, 0.717) is 0 Å². The number of benzene rings is 2. The van der Waals surface area contributed by atoms with Crippen LogP contribution in [0.5, 0.6) is 0 Å². The van der Waals surface area contributed by atoms with Crippen LogP contribution in [0.2, 0.25) is 0 Å². The van der Waals surface area contributed by atoms with Gasteiger partial charge in [0.25, 0.3) is 11.4 Å². The number of esters is 2. The molecule has 0 spiro atoms. The maximum absolute atomic E-state index is 13.2. The molecule has 2 unspecified atom stereocenters. The van der Waals surface area contributed by atoms with Crippen LogP contribution in [0.25, 0.3) is 0 Å². The number of carbonyl (C=O) groups excluding carboxylic acids is 2. The molecule has 0 fully saturated rings. The summed E-state index contributed by atoms with van der Waals surface area (Å²) in [6, 6.07) is 5.64. The number of nitrogens with zero attached hydrogens (tertiary/aromatic N) is 6. The lowest BCUT2D eigenvalue weighted by Gasteiger charge is -2.28. The third-order valence-electron chi connectivity index (χ3n) is 6.52. The summed E-state index contributed by atoms with van der Waals surface area (Å²) >= 11 is 0. The van der Waals surface area contributed by atoms with Crippen LogP contribution in [0.1, 0.15) is 34.6 Å². The number of anilines is 2. The largest absolute Gasteiger partial charge is 0.465 e. The molecule has 20 heteroatoms. The topological polar surface area (TPSA) is 274 Å². The lowest BCUT2D eigenvalue weighted by atomic mass is 9.78. The second-order valence-electron chi connectivity index (χ2n) is 9.48. The molecular formula is C26H30N8O12. The van der Waals surface area contributed by atoms with Gasteiger partial charge in [-0.3, -0.25) is 60.9 Å². The molecule has 20 nitrogen and oxygen atoms in total. The molecule has 2 rings (SSSR count). The monoisotopic (exact) mass is 646 g/mol. The van der Waals surface area contributed by atoms with Crippen molar-refractivity contribution in [2.75, 3.05) is 24.1 Å². The quantitative estimate of drug-likeness (QED) is 0.109. The Labute approximate surface area is 260 Å². The minimum atomic E-state index is -1.28. The summed E-state index contributed by atoms with van der Waals surface area (Å²) in [4.78, 5) is 68.2. The second kappa shape index (κ2) is 16.1. The van der Waals surface area contributed by atoms with Gasteiger partial charge in [-0.05, 0) is 45.7 Å². The molecule has 46 heavy (non-hydrogen) atoms. The minimum absolute atomic E-state index is 0.000310. The number of nitrogens with one attached hydrogen (secondary N) is 2.